The smallest absolute Gasteiger partial charge is 0.0705 e. The second-order valence-electron chi connectivity index (χ2n) is 4.89. The zero-order valence-electron chi connectivity index (χ0n) is 10.6. The summed E-state index contributed by atoms with van der Waals surface area (Å²) in [6.07, 6.45) is 1.00. The molecule has 0 radical (unpaired) electrons. The molecule has 0 saturated heterocycles. The number of hydrogen-bond donors (Lipinski definition) is 1. The molecule has 2 heteroatoms. The molecule has 0 saturated carbocycles. The largest absolute Gasteiger partial charge is 0.330 e. The minimum absolute atomic E-state index is 0.545. The van der Waals surface area contributed by atoms with Crippen LogP contribution in [0.3, 0.4) is 0 Å². The first-order valence-electron chi connectivity index (χ1n) is 6.25. The summed E-state index contributed by atoms with van der Waals surface area (Å²) in [6.45, 7) is 5.19. The van der Waals surface area contributed by atoms with Gasteiger partial charge in [-0.3, -0.25) is 4.98 Å². The minimum Gasteiger partial charge on any atom is -0.330 e. The molecule has 2 nitrogen and oxygen atoms in total. The van der Waals surface area contributed by atoms with E-state index in [1.165, 1.54) is 5.39 Å². The third kappa shape index (κ3) is 2.83. The van der Waals surface area contributed by atoms with Crippen molar-refractivity contribution in [1.29, 1.82) is 0 Å². The van der Waals surface area contributed by atoms with Crippen molar-refractivity contribution in [3.63, 3.8) is 0 Å². The van der Waals surface area contributed by atoms with E-state index in [4.69, 9.17) is 10.7 Å². The van der Waals surface area contributed by atoms with E-state index in [0.717, 1.165) is 24.2 Å². The highest BCUT2D eigenvalue weighted by Crippen LogP contribution is 2.17. The van der Waals surface area contributed by atoms with Crippen LogP contribution in [0.5, 0.6) is 0 Å². The number of nitrogens with two attached hydrogens (primary N) is 1. The van der Waals surface area contributed by atoms with Gasteiger partial charge in [-0.1, -0.05) is 38.1 Å². The summed E-state index contributed by atoms with van der Waals surface area (Å²) in [7, 11) is 0. The number of pyridine rings is 1. The quantitative estimate of drug-likeness (QED) is 0.873. The summed E-state index contributed by atoms with van der Waals surface area (Å²) in [4.78, 5) is 4.69. The average Bonchev–Trinajstić information content (AvgIpc) is 2.37. The van der Waals surface area contributed by atoms with Crippen LogP contribution in [0.1, 0.15) is 19.5 Å². The standard InChI is InChI=1S/C15H20N2/c1-11(12(2)10-16)9-14-8-7-13-5-3-4-6-15(13)17-14/h3-8,11-12H,9-10,16H2,1-2H3. The Labute approximate surface area is 103 Å². The van der Waals surface area contributed by atoms with Gasteiger partial charge in [-0.25, -0.2) is 0 Å². The van der Waals surface area contributed by atoms with E-state index in [2.05, 4.69) is 38.1 Å². The van der Waals surface area contributed by atoms with Crippen LogP contribution in [-0.2, 0) is 6.42 Å². The summed E-state index contributed by atoms with van der Waals surface area (Å²) >= 11 is 0. The van der Waals surface area contributed by atoms with Crippen LogP contribution in [-0.4, -0.2) is 11.5 Å². The molecule has 2 aromatic rings. The van der Waals surface area contributed by atoms with Crippen molar-refractivity contribution >= 4 is 10.9 Å². The molecule has 1 aromatic carbocycles. The molecular formula is C15H20N2. The van der Waals surface area contributed by atoms with Gasteiger partial charge in [0.1, 0.15) is 0 Å². The summed E-state index contributed by atoms with van der Waals surface area (Å²) in [5.41, 5.74) is 7.94. The highest BCUT2D eigenvalue weighted by Gasteiger charge is 2.12. The van der Waals surface area contributed by atoms with Gasteiger partial charge in [0.05, 0.1) is 5.52 Å². The molecule has 1 heterocycles. The van der Waals surface area contributed by atoms with Crippen molar-refractivity contribution in [1.82, 2.24) is 4.98 Å². The zero-order valence-corrected chi connectivity index (χ0v) is 10.6. The van der Waals surface area contributed by atoms with Gasteiger partial charge in [0.2, 0.25) is 0 Å². The maximum atomic E-state index is 5.70. The Balaban J connectivity index is 2.19. The molecule has 2 atom stereocenters. The predicted octanol–water partition coefficient (Wildman–Crippen LogP) is 3.01. The molecule has 0 aliphatic carbocycles. The number of aromatic nitrogens is 1. The monoisotopic (exact) mass is 228 g/mol. The lowest BCUT2D eigenvalue weighted by molar-refractivity contribution is 0.391. The second kappa shape index (κ2) is 5.28. The van der Waals surface area contributed by atoms with Crippen LogP contribution in [0.15, 0.2) is 36.4 Å². The number of para-hydroxylation sites is 1. The van der Waals surface area contributed by atoms with Gasteiger partial charge in [0.25, 0.3) is 0 Å². The van der Waals surface area contributed by atoms with Crippen molar-refractivity contribution in [2.45, 2.75) is 20.3 Å². The van der Waals surface area contributed by atoms with Crippen molar-refractivity contribution in [2.75, 3.05) is 6.54 Å². The van der Waals surface area contributed by atoms with Crippen LogP contribution >= 0.6 is 0 Å². The minimum atomic E-state index is 0.545. The number of benzene rings is 1. The molecule has 0 fully saturated rings. The first kappa shape index (κ1) is 12.1. The number of nitrogens with zero attached hydrogens (tertiary/aromatic N) is 1. The van der Waals surface area contributed by atoms with Crippen LogP contribution in [0.25, 0.3) is 10.9 Å². The zero-order chi connectivity index (χ0) is 12.3. The predicted molar refractivity (Wildman–Crippen MR) is 72.8 cm³/mol. The highest BCUT2D eigenvalue weighted by atomic mass is 14.7. The topological polar surface area (TPSA) is 38.9 Å². The number of rotatable bonds is 4. The van der Waals surface area contributed by atoms with E-state index in [1.807, 2.05) is 12.1 Å². The molecule has 90 valence electrons. The third-order valence-electron chi connectivity index (χ3n) is 3.53. The molecule has 2 N–H and O–H groups in total. The Morgan fingerprint density at radius 1 is 1.06 bits per heavy atom. The van der Waals surface area contributed by atoms with Gasteiger partial charge in [-0.2, -0.15) is 0 Å². The fourth-order valence-electron chi connectivity index (χ4n) is 1.99. The summed E-state index contributed by atoms with van der Waals surface area (Å²) in [5.74, 6) is 1.12. The molecule has 2 rings (SSSR count). The first-order valence-corrected chi connectivity index (χ1v) is 6.25. The molecule has 0 aliphatic rings. The SMILES string of the molecule is CC(CN)C(C)Cc1ccc2ccccc2n1. The fraction of sp³-hybridized carbons (Fsp3) is 0.400. The van der Waals surface area contributed by atoms with Gasteiger partial charge >= 0.3 is 0 Å². The maximum Gasteiger partial charge on any atom is 0.0705 e. The normalized spacial score (nSPS) is 14.8. The van der Waals surface area contributed by atoms with Gasteiger partial charge in [0.15, 0.2) is 0 Å². The van der Waals surface area contributed by atoms with Crippen LogP contribution in [0.4, 0.5) is 0 Å². The van der Waals surface area contributed by atoms with Gasteiger partial charge < -0.3 is 5.73 Å². The van der Waals surface area contributed by atoms with Crippen molar-refractivity contribution in [3.05, 3.63) is 42.1 Å². The molecule has 0 amide bonds. The van der Waals surface area contributed by atoms with Crippen molar-refractivity contribution < 1.29 is 0 Å². The molecule has 1 aromatic heterocycles. The fourth-order valence-corrected chi connectivity index (χ4v) is 1.99. The lowest BCUT2D eigenvalue weighted by atomic mass is 9.91. The van der Waals surface area contributed by atoms with Crippen LogP contribution in [0.2, 0.25) is 0 Å². The van der Waals surface area contributed by atoms with E-state index in [1.54, 1.807) is 0 Å². The summed E-state index contributed by atoms with van der Waals surface area (Å²) < 4.78 is 0. The van der Waals surface area contributed by atoms with Gasteiger partial charge in [0, 0.05) is 11.1 Å². The molecule has 0 aliphatic heterocycles. The Morgan fingerprint density at radius 3 is 2.59 bits per heavy atom. The van der Waals surface area contributed by atoms with E-state index >= 15 is 0 Å². The van der Waals surface area contributed by atoms with Crippen LogP contribution in [0, 0.1) is 11.8 Å². The molecule has 2 unspecified atom stereocenters. The Hall–Kier alpha value is -1.41. The van der Waals surface area contributed by atoms with Gasteiger partial charge in [-0.05, 0) is 36.9 Å². The second-order valence-corrected chi connectivity index (χ2v) is 4.89. The highest BCUT2D eigenvalue weighted by molar-refractivity contribution is 5.78. The third-order valence-corrected chi connectivity index (χ3v) is 3.53. The molecule has 0 bridgehead atoms. The van der Waals surface area contributed by atoms with Crippen LogP contribution < -0.4 is 5.73 Å². The van der Waals surface area contributed by atoms with E-state index in [0.29, 0.717) is 11.8 Å². The van der Waals surface area contributed by atoms with Gasteiger partial charge in [-0.15, -0.1) is 0 Å². The van der Waals surface area contributed by atoms with E-state index < -0.39 is 0 Å². The van der Waals surface area contributed by atoms with Crippen molar-refractivity contribution in [2.24, 2.45) is 17.6 Å². The lowest BCUT2D eigenvalue weighted by Crippen LogP contribution is -2.20. The average molecular weight is 228 g/mol. The number of fused-ring (bicyclic) bond motifs is 1. The van der Waals surface area contributed by atoms with E-state index in [-0.39, 0.29) is 0 Å². The van der Waals surface area contributed by atoms with Crippen molar-refractivity contribution in [3.8, 4) is 0 Å². The Kier molecular flexibility index (Phi) is 3.75. The summed E-state index contributed by atoms with van der Waals surface area (Å²) in [6, 6.07) is 12.5. The summed E-state index contributed by atoms with van der Waals surface area (Å²) in [5, 5.41) is 1.20. The first-order chi connectivity index (χ1) is 8.20. The molecule has 0 spiro atoms. The molecule has 17 heavy (non-hydrogen) atoms. The molecular weight excluding hydrogens is 208 g/mol. The maximum absolute atomic E-state index is 5.70. The lowest BCUT2D eigenvalue weighted by Gasteiger charge is -2.17. The van der Waals surface area contributed by atoms with E-state index in [9.17, 15) is 0 Å². The Morgan fingerprint density at radius 2 is 1.82 bits per heavy atom. The number of hydrogen-bond acceptors (Lipinski definition) is 2. The Bertz CT molecular complexity index is 493.